The van der Waals surface area contributed by atoms with Gasteiger partial charge in [-0.25, -0.2) is 14.5 Å². The zero-order valence-electron chi connectivity index (χ0n) is 12.9. The van der Waals surface area contributed by atoms with Crippen molar-refractivity contribution in [2.75, 3.05) is 0 Å². The number of nitrogens with zero attached hydrogens (tertiary/aromatic N) is 3. The van der Waals surface area contributed by atoms with Crippen molar-refractivity contribution in [2.24, 2.45) is 0 Å². The molecule has 1 fully saturated rings. The second-order valence-electron chi connectivity index (χ2n) is 6.10. The van der Waals surface area contributed by atoms with Gasteiger partial charge in [0.05, 0.1) is 23.2 Å². The molecule has 0 bridgehead atoms. The Morgan fingerprint density at radius 2 is 2.04 bits per heavy atom. The van der Waals surface area contributed by atoms with Crippen molar-refractivity contribution in [1.29, 1.82) is 0 Å². The van der Waals surface area contributed by atoms with Gasteiger partial charge in [0.2, 0.25) is 0 Å². The Labute approximate surface area is 133 Å². The number of pyridine rings is 1. The van der Waals surface area contributed by atoms with Crippen molar-refractivity contribution in [2.45, 2.75) is 32.2 Å². The number of rotatable bonds is 4. The van der Waals surface area contributed by atoms with Gasteiger partial charge < -0.3 is 5.11 Å². The molecule has 1 saturated carbocycles. The van der Waals surface area contributed by atoms with Crippen LogP contribution in [0.25, 0.3) is 11.0 Å². The molecule has 0 aliphatic heterocycles. The van der Waals surface area contributed by atoms with Crippen LogP contribution in [0.15, 0.2) is 36.4 Å². The summed E-state index contributed by atoms with van der Waals surface area (Å²) in [5.41, 5.74) is 3.70. The lowest BCUT2D eigenvalue weighted by atomic mass is 10.1. The van der Waals surface area contributed by atoms with Crippen LogP contribution in [-0.2, 0) is 6.54 Å². The smallest absolute Gasteiger partial charge is 0.336 e. The van der Waals surface area contributed by atoms with Crippen LogP contribution >= 0.6 is 0 Å². The van der Waals surface area contributed by atoms with E-state index in [-0.39, 0.29) is 0 Å². The van der Waals surface area contributed by atoms with Gasteiger partial charge in [-0.15, -0.1) is 0 Å². The van der Waals surface area contributed by atoms with E-state index in [1.165, 1.54) is 0 Å². The number of aromatic carboxylic acids is 1. The quantitative estimate of drug-likeness (QED) is 0.802. The molecule has 116 valence electrons. The van der Waals surface area contributed by atoms with E-state index in [1.807, 2.05) is 41.9 Å². The molecule has 0 radical (unpaired) electrons. The average molecular weight is 307 g/mol. The Bertz CT molecular complexity index is 896. The van der Waals surface area contributed by atoms with Crippen LogP contribution in [0.5, 0.6) is 0 Å². The van der Waals surface area contributed by atoms with Crippen molar-refractivity contribution in [3.63, 3.8) is 0 Å². The third-order valence-corrected chi connectivity index (χ3v) is 4.30. The van der Waals surface area contributed by atoms with Crippen LogP contribution in [-0.4, -0.2) is 25.8 Å². The highest BCUT2D eigenvalue weighted by atomic mass is 16.4. The van der Waals surface area contributed by atoms with Gasteiger partial charge in [0.15, 0.2) is 5.65 Å². The van der Waals surface area contributed by atoms with E-state index in [9.17, 15) is 9.90 Å². The van der Waals surface area contributed by atoms with E-state index in [0.717, 1.165) is 24.1 Å². The average Bonchev–Trinajstić information content (AvgIpc) is 3.34. The lowest BCUT2D eigenvalue weighted by molar-refractivity contribution is 0.0698. The Hall–Kier alpha value is -2.69. The molecule has 0 unspecified atom stereocenters. The van der Waals surface area contributed by atoms with Gasteiger partial charge >= 0.3 is 5.97 Å². The summed E-state index contributed by atoms with van der Waals surface area (Å²) in [6, 6.07) is 11.7. The monoisotopic (exact) mass is 307 g/mol. The van der Waals surface area contributed by atoms with Crippen LogP contribution in [0.2, 0.25) is 0 Å². The second kappa shape index (κ2) is 5.19. The molecule has 5 nitrogen and oxygen atoms in total. The molecule has 1 N–H and O–H groups in total. The van der Waals surface area contributed by atoms with Gasteiger partial charge in [0, 0.05) is 11.6 Å². The number of aryl methyl sites for hydroxylation is 1. The fourth-order valence-electron chi connectivity index (χ4n) is 3.00. The van der Waals surface area contributed by atoms with Gasteiger partial charge in [0.1, 0.15) is 0 Å². The third kappa shape index (κ3) is 2.48. The van der Waals surface area contributed by atoms with E-state index < -0.39 is 5.97 Å². The molecule has 1 aromatic carbocycles. The molecular formula is C18H17N3O2. The van der Waals surface area contributed by atoms with Gasteiger partial charge in [-0.3, -0.25) is 0 Å². The minimum atomic E-state index is -0.915. The van der Waals surface area contributed by atoms with Gasteiger partial charge in [-0.2, -0.15) is 5.10 Å². The molecule has 0 atom stereocenters. The number of carboxylic acids is 1. The highest BCUT2D eigenvalue weighted by Crippen LogP contribution is 2.40. The van der Waals surface area contributed by atoms with Gasteiger partial charge in [-0.05, 0) is 31.4 Å². The van der Waals surface area contributed by atoms with Crippen LogP contribution in [0.3, 0.4) is 0 Å². The summed E-state index contributed by atoms with van der Waals surface area (Å²) >= 11 is 0. The van der Waals surface area contributed by atoms with E-state index in [1.54, 1.807) is 6.07 Å². The fourth-order valence-corrected chi connectivity index (χ4v) is 3.00. The highest BCUT2D eigenvalue weighted by molar-refractivity contribution is 6.03. The first kappa shape index (κ1) is 13.9. The standard InChI is InChI=1S/C18H17N3O2/c1-11-16-14(18(22)23)9-15(13-7-8-13)19-17(16)21(20-11)10-12-5-3-2-4-6-12/h2-6,9,13H,7-8,10H2,1H3,(H,22,23). The molecule has 2 aromatic heterocycles. The summed E-state index contributed by atoms with van der Waals surface area (Å²) in [4.78, 5) is 16.4. The first-order valence-corrected chi connectivity index (χ1v) is 7.79. The molecule has 0 saturated heterocycles. The molecule has 23 heavy (non-hydrogen) atoms. The lowest BCUT2D eigenvalue weighted by Crippen LogP contribution is -2.05. The van der Waals surface area contributed by atoms with Gasteiger partial charge in [0.25, 0.3) is 0 Å². The minimum absolute atomic E-state index is 0.314. The molecule has 0 spiro atoms. The predicted octanol–water partition coefficient (Wildman–Crippen LogP) is 3.36. The zero-order valence-corrected chi connectivity index (χ0v) is 12.9. The summed E-state index contributed by atoms with van der Waals surface area (Å²) in [6.45, 7) is 2.43. The maximum Gasteiger partial charge on any atom is 0.336 e. The number of fused-ring (bicyclic) bond motifs is 1. The number of carbonyl (C=O) groups is 1. The van der Waals surface area contributed by atoms with Crippen LogP contribution in [0.4, 0.5) is 0 Å². The number of hydrogen-bond acceptors (Lipinski definition) is 3. The van der Waals surface area contributed by atoms with Crippen molar-refractivity contribution in [1.82, 2.24) is 14.8 Å². The summed E-state index contributed by atoms with van der Waals surface area (Å²) < 4.78 is 1.82. The molecule has 1 aliphatic carbocycles. The highest BCUT2D eigenvalue weighted by Gasteiger charge is 2.28. The summed E-state index contributed by atoms with van der Waals surface area (Å²) in [5, 5.41) is 14.8. The summed E-state index contributed by atoms with van der Waals surface area (Å²) in [7, 11) is 0. The summed E-state index contributed by atoms with van der Waals surface area (Å²) in [5.74, 6) is -0.514. The first-order valence-electron chi connectivity index (χ1n) is 7.79. The van der Waals surface area contributed by atoms with E-state index in [4.69, 9.17) is 4.98 Å². The van der Waals surface area contributed by atoms with Crippen molar-refractivity contribution >= 4 is 17.0 Å². The number of hydrogen-bond donors (Lipinski definition) is 1. The van der Waals surface area contributed by atoms with Gasteiger partial charge in [-0.1, -0.05) is 30.3 Å². The second-order valence-corrected chi connectivity index (χ2v) is 6.10. The molecular weight excluding hydrogens is 290 g/mol. The Morgan fingerprint density at radius 3 is 2.70 bits per heavy atom. The normalized spacial score (nSPS) is 14.3. The van der Waals surface area contributed by atoms with E-state index in [0.29, 0.717) is 34.8 Å². The Kier molecular flexibility index (Phi) is 3.15. The van der Waals surface area contributed by atoms with Crippen molar-refractivity contribution < 1.29 is 9.90 Å². The van der Waals surface area contributed by atoms with Crippen LogP contribution in [0, 0.1) is 6.92 Å². The Balaban J connectivity index is 1.90. The Morgan fingerprint density at radius 1 is 1.30 bits per heavy atom. The zero-order chi connectivity index (χ0) is 16.0. The molecule has 4 rings (SSSR count). The molecule has 0 amide bonds. The first-order chi connectivity index (χ1) is 11.1. The third-order valence-electron chi connectivity index (χ3n) is 4.30. The SMILES string of the molecule is Cc1nn(Cc2ccccc2)c2nc(C3CC3)cc(C(=O)O)c12. The largest absolute Gasteiger partial charge is 0.478 e. The molecule has 5 heteroatoms. The number of carboxylic acid groups (broad SMARTS) is 1. The van der Waals surface area contributed by atoms with Crippen molar-refractivity contribution in [3.05, 3.63) is 58.9 Å². The maximum atomic E-state index is 11.7. The van der Waals surface area contributed by atoms with Crippen LogP contribution < -0.4 is 0 Å². The van der Waals surface area contributed by atoms with E-state index in [2.05, 4.69) is 5.10 Å². The minimum Gasteiger partial charge on any atom is -0.478 e. The topological polar surface area (TPSA) is 68.0 Å². The molecule has 2 heterocycles. The summed E-state index contributed by atoms with van der Waals surface area (Å²) in [6.07, 6.45) is 2.17. The predicted molar refractivity (Wildman–Crippen MR) is 86.7 cm³/mol. The molecule has 3 aromatic rings. The lowest BCUT2D eigenvalue weighted by Gasteiger charge is -2.06. The van der Waals surface area contributed by atoms with E-state index >= 15 is 0 Å². The molecule has 1 aliphatic rings. The number of aromatic nitrogens is 3. The van der Waals surface area contributed by atoms with Crippen molar-refractivity contribution in [3.8, 4) is 0 Å². The number of benzene rings is 1. The maximum absolute atomic E-state index is 11.7. The van der Waals surface area contributed by atoms with Crippen LogP contribution in [0.1, 0.15) is 46.1 Å². The fraction of sp³-hybridized carbons (Fsp3) is 0.278.